The molecule has 2 bridgehead atoms. The summed E-state index contributed by atoms with van der Waals surface area (Å²) in [5.41, 5.74) is 1.11. The molecular formula is C10H15NO. The average Bonchev–Trinajstić information content (AvgIpc) is 2.75. The molecule has 66 valence electrons. The zero-order valence-electron chi connectivity index (χ0n) is 7.24. The topological polar surface area (TPSA) is 32.6 Å². The van der Waals surface area contributed by atoms with Crippen molar-refractivity contribution in [1.29, 1.82) is 0 Å². The van der Waals surface area contributed by atoms with Crippen LogP contribution >= 0.6 is 0 Å². The maximum atomic E-state index is 8.80. The van der Waals surface area contributed by atoms with Gasteiger partial charge in [-0.3, -0.25) is 0 Å². The van der Waals surface area contributed by atoms with E-state index in [2.05, 4.69) is 5.16 Å². The van der Waals surface area contributed by atoms with Crippen LogP contribution in [0, 0.1) is 23.7 Å². The highest BCUT2D eigenvalue weighted by atomic mass is 16.4. The lowest BCUT2D eigenvalue weighted by Crippen LogP contribution is -2.24. The van der Waals surface area contributed by atoms with Crippen LogP contribution in [0.5, 0.6) is 0 Å². The van der Waals surface area contributed by atoms with E-state index in [1.54, 1.807) is 0 Å². The van der Waals surface area contributed by atoms with Crippen molar-refractivity contribution >= 4 is 5.71 Å². The molecule has 0 radical (unpaired) electrons. The Morgan fingerprint density at radius 2 is 2.08 bits per heavy atom. The Balaban J connectivity index is 1.92. The van der Waals surface area contributed by atoms with Crippen LogP contribution in [0.15, 0.2) is 5.16 Å². The maximum Gasteiger partial charge on any atom is 0.0607 e. The van der Waals surface area contributed by atoms with Gasteiger partial charge in [-0.05, 0) is 43.4 Å². The summed E-state index contributed by atoms with van der Waals surface area (Å²) in [4.78, 5) is 0. The molecule has 0 unspecified atom stereocenters. The van der Waals surface area contributed by atoms with Crippen LogP contribution in [0.1, 0.15) is 32.1 Å². The van der Waals surface area contributed by atoms with Gasteiger partial charge >= 0.3 is 0 Å². The largest absolute Gasteiger partial charge is 0.411 e. The van der Waals surface area contributed by atoms with Crippen molar-refractivity contribution in [3.8, 4) is 0 Å². The van der Waals surface area contributed by atoms with E-state index < -0.39 is 0 Å². The van der Waals surface area contributed by atoms with Crippen LogP contribution in [0.3, 0.4) is 0 Å². The Hall–Kier alpha value is -0.530. The smallest absolute Gasteiger partial charge is 0.0607 e. The summed E-state index contributed by atoms with van der Waals surface area (Å²) in [5.74, 6) is 3.45. The molecule has 0 saturated heterocycles. The molecular weight excluding hydrogens is 150 g/mol. The first-order chi connectivity index (χ1) is 5.90. The first-order valence-corrected chi connectivity index (χ1v) is 5.11. The number of hydrogen-bond acceptors (Lipinski definition) is 2. The molecule has 2 heteroatoms. The Bertz CT molecular complexity index is 236. The van der Waals surface area contributed by atoms with Gasteiger partial charge in [0.05, 0.1) is 5.71 Å². The zero-order valence-corrected chi connectivity index (χ0v) is 7.24. The van der Waals surface area contributed by atoms with Gasteiger partial charge in [0.25, 0.3) is 0 Å². The Kier molecular flexibility index (Phi) is 1.29. The van der Waals surface area contributed by atoms with Gasteiger partial charge in [-0.1, -0.05) is 11.6 Å². The van der Waals surface area contributed by atoms with Gasteiger partial charge in [0, 0.05) is 5.92 Å². The minimum absolute atomic E-state index is 0.674. The van der Waals surface area contributed by atoms with E-state index in [9.17, 15) is 0 Å². The predicted molar refractivity (Wildman–Crippen MR) is 46.3 cm³/mol. The first-order valence-electron chi connectivity index (χ1n) is 5.11. The van der Waals surface area contributed by atoms with E-state index in [4.69, 9.17) is 5.21 Å². The van der Waals surface area contributed by atoms with Crippen LogP contribution in [-0.2, 0) is 0 Å². The number of nitrogens with zero attached hydrogens (tertiary/aromatic N) is 1. The molecule has 0 spiro atoms. The van der Waals surface area contributed by atoms with E-state index in [1.807, 2.05) is 0 Å². The lowest BCUT2D eigenvalue weighted by Gasteiger charge is -2.24. The highest BCUT2D eigenvalue weighted by Crippen LogP contribution is 2.57. The second kappa shape index (κ2) is 2.24. The lowest BCUT2D eigenvalue weighted by atomic mass is 9.81. The Morgan fingerprint density at radius 1 is 1.25 bits per heavy atom. The van der Waals surface area contributed by atoms with E-state index >= 15 is 0 Å². The quantitative estimate of drug-likeness (QED) is 0.433. The van der Waals surface area contributed by atoms with Crippen LogP contribution in [0.25, 0.3) is 0 Å². The van der Waals surface area contributed by atoms with E-state index in [1.165, 1.54) is 25.7 Å². The predicted octanol–water partition coefficient (Wildman–Crippen LogP) is 2.27. The standard InChI is InChI=1S/C10H15NO/c12-11-10-5-6-4-9(10)8-3-1-2-7(6)8/h6-9,12H,1-5H2/b11-10-/t6-,7+,8+,9+/m1/s1. The third-order valence-corrected chi connectivity index (χ3v) is 4.33. The fourth-order valence-electron chi connectivity index (χ4n) is 3.93. The van der Waals surface area contributed by atoms with E-state index in [-0.39, 0.29) is 0 Å². The van der Waals surface area contributed by atoms with Crippen LogP contribution < -0.4 is 0 Å². The van der Waals surface area contributed by atoms with Gasteiger partial charge < -0.3 is 5.21 Å². The molecule has 12 heavy (non-hydrogen) atoms. The van der Waals surface area contributed by atoms with Crippen molar-refractivity contribution in [1.82, 2.24) is 0 Å². The van der Waals surface area contributed by atoms with Gasteiger partial charge in [0.1, 0.15) is 0 Å². The molecule has 3 rings (SSSR count). The lowest BCUT2D eigenvalue weighted by molar-refractivity contribution is 0.293. The number of hydrogen-bond donors (Lipinski definition) is 1. The van der Waals surface area contributed by atoms with Gasteiger partial charge in [-0.2, -0.15) is 0 Å². The first kappa shape index (κ1) is 6.93. The van der Waals surface area contributed by atoms with Crippen LogP contribution in [0.2, 0.25) is 0 Å². The molecule has 0 aliphatic heterocycles. The van der Waals surface area contributed by atoms with Crippen LogP contribution in [0.4, 0.5) is 0 Å². The van der Waals surface area contributed by atoms with E-state index in [0.29, 0.717) is 5.92 Å². The van der Waals surface area contributed by atoms with Gasteiger partial charge in [-0.15, -0.1) is 0 Å². The molecule has 3 saturated carbocycles. The van der Waals surface area contributed by atoms with Crippen molar-refractivity contribution in [2.75, 3.05) is 0 Å². The molecule has 0 aromatic heterocycles. The molecule has 4 atom stereocenters. The molecule has 3 fully saturated rings. The molecule has 3 aliphatic rings. The average molecular weight is 165 g/mol. The molecule has 0 aromatic carbocycles. The van der Waals surface area contributed by atoms with Crippen LogP contribution in [-0.4, -0.2) is 10.9 Å². The molecule has 0 amide bonds. The number of fused-ring (bicyclic) bond motifs is 5. The zero-order chi connectivity index (χ0) is 8.13. The number of oxime groups is 1. The Labute approximate surface area is 72.6 Å². The molecule has 1 N–H and O–H groups in total. The molecule has 2 nitrogen and oxygen atoms in total. The minimum Gasteiger partial charge on any atom is -0.411 e. The van der Waals surface area contributed by atoms with Gasteiger partial charge in [-0.25, -0.2) is 0 Å². The van der Waals surface area contributed by atoms with Crippen molar-refractivity contribution < 1.29 is 5.21 Å². The van der Waals surface area contributed by atoms with Crippen molar-refractivity contribution in [2.24, 2.45) is 28.8 Å². The van der Waals surface area contributed by atoms with Crippen molar-refractivity contribution in [2.45, 2.75) is 32.1 Å². The fraction of sp³-hybridized carbons (Fsp3) is 0.900. The SMILES string of the molecule is O/N=C1/C[C@H]2C[C@H]1[C@H]1CCC[C@@H]21. The third-order valence-electron chi connectivity index (χ3n) is 4.33. The summed E-state index contributed by atoms with van der Waals surface area (Å²) in [6.07, 6.45) is 6.69. The second-order valence-electron chi connectivity index (χ2n) is 4.66. The molecule has 0 aromatic rings. The summed E-state index contributed by atoms with van der Waals surface area (Å²) < 4.78 is 0. The third kappa shape index (κ3) is 0.686. The summed E-state index contributed by atoms with van der Waals surface area (Å²) in [5, 5.41) is 12.2. The summed E-state index contributed by atoms with van der Waals surface area (Å²) in [7, 11) is 0. The van der Waals surface area contributed by atoms with Crippen molar-refractivity contribution in [3.63, 3.8) is 0 Å². The maximum absolute atomic E-state index is 8.80. The summed E-state index contributed by atoms with van der Waals surface area (Å²) in [6.45, 7) is 0. The molecule has 3 aliphatic carbocycles. The van der Waals surface area contributed by atoms with Gasteiger partial charge in [0.15, 0.2) is 0 Å². The summed E-state index contributed by atoms with van der Waals surface area (Å²) in [6, 6.07) is 0. The monoisotopic (exact) mass is 165 g/mol. The highest BCUT2D eigenvalue weighted by molar-refractivity contribution is 5.89. The second-order valence-corrected chi connectivity index (χ2v) is 4.66. The highest BCUT2D eigenvalue weighted by Gasteiger charge is 2.52. The van der Waals surface area contributed by atoms with E-state index in [0.717, 1.165) is 29.9 Å². The molecule has 0 heterocycles. The minimum atomic E-state index is 0.674. The Morgan fingerprint density at radius 3 is 2.92 bits per heavy atom. The van der Waals surface area contributed by atoms with Crippen molar-refractivity contribution in [3.05, 3.63) is 0 Å². The summed E-state index contributed by atoms with van der Waals surface area (Å²) >= 11 is 0. The van der Waals surface area contributed by atoms with Gasteiger partial charge in [0.2, 0.25) is 0 Å². The number of rotatable bonds is 0. The fourth-order valence-corrected chi connectivity index (χ4v) is 3.93. The normalized spacial score (nSPS) is 53.5.